The van der Waals surface area contributed by atoms with Crippen molar-refractivity contribution in [2.75, 3.05) is 7.11 Å². The molecule has 0 aromatic carbocycles. The van der Waals surface area contributed by atoms with E-state index in [0.717, 1.165) is 0 Å². The number of aromatic nitrogens is 1. The zero-order chi connectivity index (χ0) is 9.84. The minimum absolute atomic E-state index is 0.143. The van der Waals surface area contributed by atoms with Crippen molar-refractivity contribution in [3.8, 4) is 0 Å². The molecule has 4 nitrogen and oxygen atoms in total. The average molecular weight is 200 g/mol. The van der Waals surface area contributed by atoms with Crippen LogP contribution in [0.1, 0.15) is 20.8 Å². The quantitative estimate of drug-likeness (QED) is 0.531. The summed E-state index contributed by atoms with van der Waals surface area (Å²) in [6, 6.07) is 2.79. The molecule has 1 heterocycles. The van der Waals surface area contributed by atoms with Crippen molar-refractivity contribution in [1.82, 2.24) is 4.98 Å². The fourth-order valence-corrected chi connectivity index (χ4v) is 0.847. The highest BCUT2D eigenvalue weighted by Gasteiger charge is 2.07. The monoisotopic (exact) mass is 199 g/mol. The highest BCUT2D eigenvalue weighted by atomic mass is 35.5. The molecule has 13 heavy (non-hydrogen) atoms. The molecule has 0 saturated carbocycles. The van der Waals surface area contributed by atoms with E-state index in [2.05, 4.69) is 9.72 Å². The van der Waals surface area contributed by atoms with E-state index in [9.17, 15) is 9.59 Å². The van der Waals surface area contributed by atoms with Gasteiger partial charge >= 0.3 is 5.97 Å². The Kier molecular flexibility index (Phi) is 2.97. The lowest BCUT2D eigenvalue weighted by Gasteiger charge is -1.97. The van der Waals surface area contributed by atoms with Gasteiger partial charge in [-0.3, -0.25) is 4.79 Å². The fraction of sp³-hybridized carbons (Fsp3) is 0.125. The lowest BCUT2D eigenvalue weighted by atomic mass is 10.3. The van der Waals surface area contributed by atoms with E-state index in [-0.39, 0.29) is 11.3 Å². The van der Waals surface area contributed by atoms with Gasteiger partial charge in [0.15, 0.2) is 0 Å². The fourth-order valence-electron chi connectivity index (χ4n) is 0.735. The second-order valence-electron chi connectivity index (χ2n) is 2.20. The molecular formula is C8H6ClNO3. The van der Waals surface area contributed by atoms with Gasteiger partial charge in [0.05, 0.1) is 12.7 Å². The van der Waals surface area contributed by atoms with Crippen molar-refractivity contribution in [3.05, 3.63) is 29.6 Å². The number of methoxy groups -OCH3 is 1. The van der Waals surface area contributed by atoms with E-state index < -0.39 is 11.2 Å². The molecule has 0 aliphatic heterocycles. The average Bonchev–Trinajstić information content (AvgIpc) is 2.17. The van der Waals surface area contributed by atoms with Crippen LogP contribution in [0.2, 0.25) is 0 Å². The molecule has 0 N–H and O–H groups in total. The number of ether oxygens (including phenoxy) is 1. The highest BCUT2D eigenvalue weighted by molar-refractivity contribution is 6.67. The van der Waals surface area contributed by atoms with Gasteiger partial charge in [-0.2, -0.15) is 0 Å². The molecule has 0 fully saturated rings. The molecule has 0 bridgehead atoms. The van der Waals surface area contributed by atoms with Crippen LogP contribution in [0.5, 0.6) is 0 Å². The van der Waals surface area contributed by atoms with Crippen molar-refractivity contribution in [2.45, 2.75) is 0 Å². The van der Waals surface area contributed by atoms with Crippen LogP contribution in [0.25, 0.3) is 0 Å². The highest BCUT2D eigenvalue weighted by Crippen LogP contribution is 2.04. The van der Waals surface area contributed by atoms with Crippen LogP contribution >= 0.6 is 11.6 Å². The Morgan fingerprint density at radius 3 is 2.54 bits per heavy atom. The van der Waals surface area contributed by atoms with E-state index in [1.807, 2.05) is 0 Å². The summed E-state index contributed by atoms with van der Waals surface area (Å²) in [5, 5.41) is -0.607. The Morgan fingerprint density at radius 2 is 2.15 bits per heavy atom. The zero-order valence-corrected chi connectivity index (χ0v) is 7.54. The van der Waals surface area contributed by atoms with Crippen LogP contribution in [-0.4, -0.2) is 23.3 Å². The number of pyridine rings is 1. The van der Waals surface area contributed by atoms with Gasteiger partial charge in [0.25, 0.3) is 5.24 Å². The molecular weight excluding hydrogens is 194 g/mol. The summed E-state index contributed by atoms with van der Waals surface area (Å²) >= 11 is 5.17. The molecule has 0 aliphatic rings. The second kappa shape index (κ2) is 4.00. The van der Waals surface area contributed by atoms with Crippen molar-refractivity contribution in [1.29, 1.82) is 0 Å². The number of carbonyl (C=O) groups is 2. The molecule has 1 aromatic heterocycles. The summed E-state index contributed by atoms with van der Waals surface area (Å²) < 4.78 is 4.42. The lowest BCUT2D eigenvalue weighted by Crippen LogP contribution is -2.04. The SMILES string of the molecule is COC(=O)c1ccc(C(=O)Cl)cn1. The van der Waals surface area contributed by atoms with Gasteiger partial charge in [-0.05, 0) is 23.7 Å². The van der Waals surface area contributed by atoms with Crippen molar-refractivity contribution < 1.29 is 14.3 Å². The molecule has 1 rings (SSSR count). The topological polar surface area (TPSA) is 56.3 Å². The number of esters is 1. The number of nitrogens with zero attached hydrogens (tertiary/aromatic N) is 1. The third kappa shape index (κ3) is 2.26. The predicted molar refractivity (Wildman–Crippen MR) is 45.8 cm³/mol. The minimum atomic E-state index is -0.607. The Balaban J connectivity index is 2.93. The maximum atomic E-state index is 10.9. The van der Waals surface area contributed by atoms with Gasteiger partial charge in [0.2, 0.25) is 0 Å². The van der Waals surface area contributed by atoms with Gasteiger partial charge in [-0.1, -0.05) is 0 Å². The van der Waals surface area contributed by atoms with E-state index in [1.165, 1.54) is 25.4 Å². The molecule has 68 valence electrons. The van der Waals surface area contributed by atoms with Crippen molar-refractivity contribution in [2.24, 2.45) is 0 Å². The maximum Gasteiger partial charge on any atom is 0.356 e. The van der Waals surface area contributed by atoms with Crippen molar-refractivity contribution >= 4 is 22.8 Å². The van der Waals surface area contributed by atoms with Crippen LogP contribution in [0.15, 0.2) is 18.3 Å². The summed E-state index contributed by atoms with van der Waals surface area (Å²) in [5.41, 5.74) is 0.387. The zero-order valence-electron chi connectivity index (χ0n) is 6.78. The summed E-state index contributed by atoms with van der Waals surface area (Å²) in [6.45, 7) is 0. The molecule has 0 saturated heterocycles. The van der Waals surface area contributed by atoms with Crippen LogP contribution < -0.4 is 0 Å². The molecule has 0 radical (unpaired) electrons. The largest absolute Gasteiger partial charge is 0.464 e. The molecule has 0 unspecified atom stereocenters. The first kappa shape index (κ1) is 9.67. The van der Waals surface area contributed by atoms with E-state index in [4.69, 9.17) is 11.6 Å². The smallest absolute Gasteiger partial charge is 0.356 e. The Labute approximate surface area is 79.5 Å². The van der Waals surface area contributed by atoms with Crippen LogP contribution in [0.3, 0.4) is 0 Å². The summed E-state index contributed by atoms with van der Waals surface area (Å²) in [5.74, 6) is -0.548. The normalized spacial score (nSPS) is 9.38. The Hall–Kier alpha value is -1.42. The number of carbonyl (C=O) groups excluding carboxylic acids is 2. The van der Waals surface area contributed by atoms with Gasteiger partial charge < -0.3 is 4.74 Å². The number of rotatable bonds is 2. The van der Waals surface area contributed by atoms with Gasteiger partial charge in [-0.15, -0.1) is 0 Å². The third-order valence-electron chi connectivity index (χ3n) is 1.38. The lowest BCUT2D eigenvalue weighted by molar-refractivity contribution is 0.0593. The Bertz CT molecular complexity index is 334. The van der Waals surface area contributed by atoms with Crippen molar-refractivity contribution in [3.63, 3.8) is 0 Å². The molecule has 0 aliphatic carbocycles. The Morgan fingerprint density at radius 1 is 1.46 bits per heavy atom. The van der Waals surface area contributed by atoms with Gasteiger partial charge in [-0.25, -0.2) is 9.78 Å². The number of hydrogen-bond donors (Lipinski definition) is 0. The van der Waals surface area contributed by atoms with E-state index in [0.29, 0.717) is 0 Å². The third-order valence-corrected chi connectivity index (χ3v) is 1.60. The van der Waals surface area contributed by atoms with Gasteiger partial charge in [0, 0.05) is 6.20 Å². The number of hydrogen-bond acceptors (Lipinski definition) is 4. The van der Waals surface area contributed by atoms with Crippen LogP contribution in [0, 0.1) is 0 Å². The van der Waals surface area contributed by atoms with Gasteiger partial charge in [0.1, 0.15) is 5.69 Å². The summed E-state index contributed by atoms with van der Waals surface area (Å²) in [4.78, 5) is 25.2. The van der Waals surface area contributed by atoms with E-state index >= 15 is 0 Å². The maximum absolute atomic E-state index is 10.9. The molecule has 1 aromatic rings. The van der Waals surface area contributed by atoms with E-state index in [1.54, 1.807) is 0 Å². The first-order valence-corrected chi connectivity index (χ1v) is 3.77. The standard InChI is InChI=1S/C8H6ClNO3/c1-13-8(12)6-3-2-5(4-10-6)7(9)11/h2-4H,1H3. The first-order valence-electron chi connectivity index (χ1n) is 3.39. The summed E-state index contributed by atoms with van der Waals surface area (Å²) in [6.07, 6.45) is 1.22. The predicted octanol–water partition coefficient (Wildman–Crippen LogP) is 1.25. The molecule has 0 atom stereocenters. The molecule has 0 amide bonds. The summed E-state index contributed by atoms with van der Waals surface area (Å²) in [7, 11) is 1.25. The second-order valence-corrected chi connectivity index (χ2v) is 2.54. The van der Waals surface area contributed by atoms with Crippen LogP contribution in [0.4, 0.5) is 0 Å². The molecule has 0 spiro atoms. The van der Waals surface area contributed by atoms with Crippen LogP contribution in [-0.2, 0) is 4.74 Å². The minimum Gasteiger partial charge on any atom is -0.464 e. The first-order chi connectivity index (χ1) is 6.15. The number of halogens is 1. The molecule has 5 heteroatoms.